The number of amides is 1. The molecule has 1 aliphatic rings. The summed E-state index contributed by atoms with van der Waals surface area (Å²) in [6.07, 6.45) is 2.03. The highest BCUT2D eigenvalue weighted by Crippen LogP contribution is 2.50. The lowest BCUT2D eigenvalue weighted by atomic mass is 9.95. The second kappa shape index (κ2) is 5.43. The number of benzene rings is 1. The number of rotatable bonds is 6. The van der Waals surface area contributed by atoms with Crippen LogP contribution >= 0.6 is 0 Å². The molecule has 1 aromatic carbocycles. The number of para-hydroxylation sites is 1. The molecule has 1 amide bonds. The molecule has 4 heteroatoms. The fraction of sp³-hybridized carbons (Fsp3) is 0.467. The molecule has 0 atom stereocenters. The van der Waals surface area contributed by atoms with E-state index in [1.54, 1.807) is 7.11 Å². The SMILES string of the molecule is COc1ccccc1C1(CNC(=O)CC(C)=O)CC1. The van der Waals surface area contributed by atoms with Crippen molar-refractivity contribution in [1.29, 1.82) is 0 Å². The Kier molecular flexibility index (Phi) is 3.88. The van der Waals surface area contributed by atoms with Crippen molar-refractivity contribution in [2.45, 2.75) is 31.6 Å². The van der Waals surface area contributed by atoms with Gasteiger partial charge in [-0.25, -0.2) is 0 Å². The minimum absolute atomic E-state index is 0.0148. The molecule has 1 N–H and O–H groups in total. The van der Waals surface area contributed by atoms with Crippen LogP contribution in [0.1, 0.15) is 31.7 Å². The second-order valence-electron chi connectivity index (χ2n) is 5.14. The molecule has 4 nitrogen and oxygen atoms in total. The predicted octanol–water partition coefficient (Wildman–Crippen LogP) is 1.82. The van der Waals surface area contributed by atoms with E-state index < -0.39 is 0 Å². The minimum atomic E-state index is -0.200. The van der Waals surface area contributed by atoms with Crippen molar-refractivity contribution in [2.24, 2.45) is 0 Å². The van der Waals surface area contributed by atoms with Crippen molar-refractivity contribution in [1.82, 2.24) is 5.32 Å². The number of carbonyl (C=O) groups is 2. The summed E-state index contributed by atoms with van der Waals surface area (Å²) in [5.74, 6) is 0.550. The fourth-order valence-electron chi connectivity index (χ4n) is 2.33. The Morgan fingerprint density at radius 3 is 2.58 bits per heavy atom. The van der Waals surface area contributed by atoms with Gasteiger partial charge in [0.15, 0.2) is 0 Å². The number of methoxy groups -OCH3 is 1. The molecule has 0 heterocycles. The van der Waals surface area contributed by atoms with Gasteiger partial charge < -0.3 is 10.1 Å². The van der Waals surface area contributed by atoms with Crippen LogP contribution < -0.4 is 10.1 Å². The maximum Gasteiger partial charge on any atom is 0.227 e. The Bertz CT molecular complexity index is 492. The number of carbonyl (C=O) groups excluding carboxylic acids is 2. The zero-order chi connectivity index (χ0) is 13.9. The van der Waals surface area contributed by atoms with Crippen LogP contribution in [-0.2, 0) is 15.0 Å². The van der Waals surface area contributed by atoms with E-state index in [0.717, 1.165) is 24.2 Å². The Labute approximate surface area is 113 Å². The normalized spacial score (nSPS) is 15.7. The summed E-state index contributed by atoms with van der Waals surface area (Å²) in [6, 6.07) is 7.90. The zero-order valence-corrected chi connectivity index (χ0v) is 11.4. The number of ether oxygens (including phenoxy) is 1. The van der Waals surface area contributed by atoms with E-state index in [-0.39, 0.29) is 23.5 Å². The van der Waals surface area contributed by atoms with Crippen LogP contribution in [0.2, 0.25) is 0 Å². The van der Waals surface area contributed by atoms with E-state index in [0.29, 0.717) is 6.54 Å². The molecular formula is C15H19NO3. The van der Waals surface area contributed by atoms with Gasteiger partial charge in [-0.2, -0.15) is 0 Å². The summed E-state index contributed by atoms with van der Waals surface area (Å²) in [4.78, 5) is 22.4. The Morgan fingerprint density at radius 1 is 1.32 bits per heavy atom. The highest BCUT2D eigenvalue weighted by atomic mass is 16.5. The van der Waals surface area contributed by atoms with Crippen LogP contribution in [0.5, 0.6) is 5.75 Å². The molecule has 2 rings (SSSR count). The average Bonchev–Trinajstić information content (AvgIpc) is 3.17. The quantitative estimate of drug-likeness (QED) is 0.795. The van der Waals surface area contributed by atoms with Crippen molar-refractivity contribution >= 4 is 11.7 Å². The van der Waals surface area contributed by atoms with Crippen molar-refractivity contribution in [3.63, 3.8) is 0 Å². The largest absolute Gasteiger partial charge is 0.496 e. The smallest absolute Gasteiger partial charge is 0.227 e. The van der Waals surface area contributed by atoms with E-state index >= 15 is 0 Å². The maximum atomic E-state index is 11.6. The van der Waals surface area contributed by atoms with Crippen LogP contribution in [0.4, 0.5) is 0 Å². The molecule has 1 saturated carbocycles. The second-order valence-corrected chi connectivity index (χ2v) is 5.14. The van der Waals surface area contributed by atoms with Crippen LogP contribution in [-0.4, -0.2) is 25.3 Å². The van der Waals surface area contributed by atoms with Crippen molar-refractivity contribution in [3.05, 3.63) is 29.8 Å². The van der Waals surface area contributed by atoms with Gasteiger partial charge in [0.1, 0.15) is 11.5 Å². The molecule has 0 spiro atoms. The van der Waals surface area contributed by atoms with Crippen LogP contribution in [0.15, 0.2) is 24.3 Å². The first-order valence-corrected chi connectivity index (χ1v) is 6.47. The molecule has 0 aliphatic heterocycles. The van der Waals surface area contributed by atoms with Gasteiger partial charge in [-0.3, -0.25) is 9.59 Å². The molecule has 0 unspecified atom stereocenters. The molecule has 0 saturated heterocycles. The highest BCUT2D eigenvalue weighted by molar-refractivity contribution is 5.96. The molecule has 1 aromatic rings. The van der Waals surface area contributed by atoms with Gasteiger partial charge in [-0.05, 0) is 25.8 Å². The Morgan fingerprint density at radius 2 is 2.00 bits per heavy atom. The monoisotopic (exact) mass is 261 g/mol. The third kappa shape index (κ3) is 3.13. The third-order valence-electron chi connectivity index (χ3n) is 3.57. The topological polar surface area (TPSA) is 55.4 Å². The first-order valence-electron chi connectivity index (χ1n) is 6.47. The van der Waals surface area contributed by atoms with E-state index in [2.05, 4.69) is 5.32 Å². The van der Waals surface area contributed by atoms with Crippen molar-refractivity contribution < 1.29 is 14.3 Å². The summed E-state index contributed by atoms with van der Waals surface area (Å²) in [5, 5.41) is 2.85. The number of nitrogens with one attached hydrogen (secondary N) is 1. The van der Waals surface area contributed by atoms with E-state index in [4.69, 9.17) is 4.74 Å². The lowest BCUT2D eigenvalue weighted by Crippen LogP contribution is -2.33. The summed E-state index contributed by atoms with van der Waals surface area (Å²) in [7, 11) is 1.66. The van der Waals surface area contributed by atoms with Gasteiger partial charge >= 0.3 is 0 Å². The van der Waals surface area contributed by atoms with Crippen LogP contribution in [0.25, 0.3) is 0 Å². The molecule has 0 radical (unpaired) electrons. The van der Waals surface area contributed by atoms with Crippen molar-refractivity contribution in [2.75, 3.05) is 13.7 Å². The summed E-state index contributed by atoms with van der Waals surface area (Å²) in [5.41, 5.74) is 1.12. The van der Waals surface area contributed by atoms with Crippen LogP contribution in [0, 0.1) is 0 Å². The number of hydrogen-bond donors (Lipinski definition) is 1. The molecule has 1 fully saturated rings. The molecule has 102 valence electrons. The maximum absolute atomic E-state index is 11.6. The van der Waals surface area contributed by atoms with E-state index in [1.807, 2.05) is 24.3 Å². The van der Waals surface area contributed by atoms with Gasteiger partial charge in [0.05, 0.1) is 13.5 Å². The van der Waals surface area contributed by atoms with Gasteiger partial charge in [-0.1, -0.05) is 18.2 Å². The standard InChI is InChI=1S/C15H19NO3/c1-11(17)9-14(18)16-10-15(7-8-15)12-5-3-4-6-13(12)19-2/h3-6H,7-10H2,1-2H3,(H,16,18). The first-order chi connectivity index (χ1) is 9.07. The minimum Gasteiger partial charge on any atom is -0.496 e. The van der Waals surface area contributed by atoms with E-state index in [9.17, 15) is 9.59 Å². The average molecular weight is 261 g/mol. The number of hydrogen-bond acceptors (Lipinski definition) is 3. The fourth-order valence-corrected chi connectivity index (χ4v) is 2.33. The summed E-state index contributed by atoms with van der Waals surface area (Å²) < 4.78 is 5.38. The molecule has 0 bridgehead atoms. The lowest BCUT2D eigenvalue weighted by molar-refractivity contribution is -0.127. The molecular weight excluding hydrogens is 242 g/mol. The first kappa shape index (κ1) is 13.6. The van der Waals surface area contributed by atoms with Gasteiger partial charge in [0.25, 0.3) is 0 Å². The molecule has 0 aromatic heterocycles. The van der Waals surface area contributed by atoms with Gasteiger partial charge in [0.2, 0.25) is 5.91 Å². The summed E-state index contributed by atoms with van der Waals surface area (Å²) >= 11 is 0. The number of Topliss-reactive ketones (excluding diaryl/α,β-unsaturated/α-hetero) is 1. The third-order valence-corrected chi connectivity index (χ3v) is 3.57. The Balaban J connectivity index is 2.03. The van der Waals surface area contributed by atoms with Gasteiger partial charge in [0, 0.05) is 17.5 Å². The zero-order valence-electron chi connectivity index (χ0n) is 11.4. The summed E-state index contributed by atoms with van der Waals surface area (Å²) in [6.45, 7) is 1.99. The van der Waals surface area contributed by atoms with Gasteiger partial charge in [-0.15, -0.1) is 0 Å². The van der Waals surface area contributed by atoms with Crippen molar-refractivity contribution in [3.8, 4) is 5.75 Å². The van der Waals surface area contributed by atoms with E-state index in [1.165, 1.54) is 6.92 Å². The predicted molar refractivity (Wildman–Crippen MR) is 72.2 cm³/mol. The molecule has 19 heavy (non-hydrogen) atoms. The highest BCUT2D eigenvalue weighted by Gasteiger charge is 2.46. The van der Waals surface area contributed by atoms with Crippen LogP contribution in [0.3, 0.4) is 0 Å². The Hall–Kier alpha value is -1.84. The molecule has 1 aliphatic carbocycles. The number of ketones is 1. The lowest BCUT2D eigenvalue weighted by Gasteiger charge is -2.19.